The van der Waals surface area contributed by atoms with E-state index < -0.39 is 35.1 Å². The summed E-state index contributed by atoms with van der Waals surface area (Å²) in [6, 6.07) is 5.85. The summed E-state index contributed by atoms with van der Waals surface area (Å²) in [4.78, 5) is 47.6. The lowest BCUT2D eigenvalue weighted by atomic mass is 9.74. The first-order valence-corrected chi connectivity index (χ1v) is 14.0. The Morgan fingerprint density at radius 2 is 1.82 bits per heavy atom. The standard InChI is InChI=1S/C29H36N6O5/c1-5-18(2)21(16-36)35-24-27(39)33(17-34-20-11-7-6-10-19(20)30-31-34)15-9-13-29(24)23(26(35)38)22-25(37)32(4)14-8-12-28(22,3)40-29/h6-13,18,21-24,36H,5,14-17H2,1-4H3/t18-,21-,22+,23-,24?,28-,29-/m0/s1. The Hall–Kier alpha value is -3.57. The normalized spacial score (nSPS) is 33.2. The highest BCUT2D eigenvalue weighted by Gasteiger charge is 2.75. The van der Waals surface area contributed by atoms with Gasteiger partial charge in [0.1, 0.15) is 23.8 Å². The number of aliphatic hydroxyl groups is 1. The van der Waals surface area contributed by atoms with Crippen molar-refractivity contribution in [2.45, 2.75) is 57.1 Å². The first-order valence-electron chi connectivity index (χ1n) is 14.0. The number of hydrogen-bond donors (Lipinski definition) is 1. The fraction of sp³-hybridized carbons (Fsp3) is 0.552. The zero-order valence-electron chi connectivity index (χ0n) is 23.3. The largest absolute Gasteiger partial charge is 0.394 e. The lowest BCUT2D eigenvalue weighted by Gasteiger charge is -2.41. The molecule has 212 valence electrons. The predicted octanol–water partition coefficient (Wildman–Crippen LogP) is 1.19. The third-order valence-corrected chi connectivity index (χ3v) is 9.35. The number of benzene rings is 1. The first kappa shape index (κ1) is 26.6. The van der Waals surface area contributed by atoms with Gasteiger partial charge in [-0.15, -0.1) is 5.10 Å². The highest BCUT2D eigenvalue weighted by molar-refractivity contribution is 6.00. The number of carbonyl (C=O) groups is 3. The average molecular weight is 549 g/mol. The summed E-state index contributed by atoms with van der Waals surface area (Å²) in [7, 11) is 1.71. The van der Waals surface area contributed by atoms with E-state index in [1.165, 1.54) is 4.90 Å². The zero-order valence-corrected chi connectivity index (χ0v) is 23.3. The maximum atomic E-state index is 14.6. The Labute approximate surface area is 233 Å². The Balaban J connectivity index is 1.47. The minimum Gasteiger partial charge on any atom is -0.394 e. The van der Waals surface area contributed by atoms with E-state index in [-0.39, 0.29) is 43.5 Å². The van der Waals surface area contributed by atoms with Gasteiger partial charge in [0.05, 0.1) is 35.6 Å². The van der Waals surface area contributed by atoms with Crippen molar-refractivity contribution in [3.8, 4) is 0 Å². The Morgan fingerprint density at radius 3 is 2.58 bits per heavy atom. The van der Waals surface area contributed by atoms with Gasteiger partial charge in [-0.1, -0.05) is 61.9 Å². The van der Waals surface area contributed by atoms with Crippen LogP contribution in [0.5, 0.6) is 0 Å². The minimum absolute atomic E-state index is 0.0867. The summed E-state index contributed by atoms with van der Waals surface area (Å²) in [5.41, 5.74) is -0.937. The van der Waals surface area contributed by atoms with Gasteiger partial charge in [-0.25, -0.2) is 4.68 Å². The molecule has 0 saturated carbocycles. The highest BCUT2D eigenvalue weighted by Crippen LogP contribution is 2.58. The maximum absolute atomic E-state index is 14.6. The molecule has 1 aromatic carbocycles. The van der Waals surface area contributed by atoms with Gasteiger partial charge >= 0.3 is 0 Å². The van der Waals surface area contributed by atoms with Gasteiger partial charge in [-0.3, -0.25) is 14.4 Å². The SMILES string of the molecule is CC[C@H](C)[C@H](CO)N1C(=O)[C@@H]2[C@@H]3C(=O)N(C)CC=C[C@]3(C)O[C@@]23C=CCN(Cn2nnc4ccccc42)C(=O)C13. The molecule has 1 spiro atoms. The van der Waals surface area contributed by atoms with Gasteiger partial charge < -0.3 is 24.5 Å². The molecule has 5 heterocycles. The molecule has 4 aliphatic heterocycles. The van der Waals surface area contributed by atoms with Crippen LogP contribution in [0.2, 0.25) is 0 Å². The van der Waals surface area contributed by atoms with Crippen LogP contribution >= 0.6 is 0 Å². The molecule has 0 bridgehead atoms. The van der Waals surface area contributed by atoms with Crippen LogP contribution in [0.25, 0.3) is 11.0 Å². The monoisotopic (exact) mass is 548 g/mol. The molecule has 7 atom stereocenters. The van der Waals surface area contributed by atoms with Crippen molar-refractivity contribution < 1.29 is 24.2 Å². The lowest BCUT2D eigenvalue weighted by Crippen LogP contribution is -2.59. The smallest absolute Gasteiger partial charge is 0.250 e. The number of aromatic nitrogens is 3. The number of carbonyl (C=O) groups excluding carboxylic acids is 3. The summed E-state index contributed by atoms with van der Waals surface area (Å²) >= 11 is 0. The Kier molecular flexibility index (Phi) is 6.34. The van der Waals surface area contributed by atoms with Gasteiger partial charge in [0.15, 0.2) is 0 Å². The summed E-state index contributed by atoms with van der Waals surface area (Å²) in [5.74, 6) is -2.64. The van der Waals surface area contributed by atoms with Crippen LogP contribution in [0, 0.1) is 17.8 Å². The maximum Gasteiger partial charge on any atom is 0.250 e. The van der Waals surface area contributed by atoms with E-state index in [0.717, 1.165) is 5.52 Å². The van der Waals surface area contributed by atoms with Crippen LogP contribution in [-0.4, -0.2) is 103 Å². The summed E-state index contributed by atoms with van der Waals surface area (Å²) < 4.78 is 8.50. The van der Waals surface area contributed by atoms with E-state index >= 15 is 0 Å². The van der Waals surface area contributed by atoms with E-state index in [1.807, 2.05) is 69.3 Å². The molecule has 4 aliphatic rings. The molecule has 0 radical (unpaired) electrons. The molecular formula is C29H36N6O5. The van der Waals surface area contributed by atoms with Gasteiger partial charge in [0.25, 0.3) is 5.91 Å². The van der Waals surface area contributed by atoms with Crippen molar-refractivity contribution in [2.75, 3.05) is 26.7 Å². The predicted molar refractivity (Wildman–Crippen MR) is 145 cm³/mol. The van der Waals surface area contributed by atoms with Crippen LogP contribution in [0.4, 0.5) is 0 Å². The third-order valence-electron chi connectivity index (χ3n) is 9.35. The van der Waals surface area contributed by atoms with Gasteiger partial charge in [-0.2, -0.15) is 0 Å². The second-order valence-electron chi connectivity index (χ2n) is 11.7. The van der Waals surface area contributed by atoms with E-state index in [4.69, 9.17) is 4.74 Å². The molecule has 2 fully saturated rings. The van der Waals surface area contributed by atoms with Crippen molar-refractivity contribution in [3.05, 3.63) is 48.6 Å². The van der Waals surface area contributed by atoms with Gasteiger partial charge in [-0.05, 0) is 25.0 Å². The molecule has 11 heteroatoms. The first-order chi connectivity index (χ1) is 19.2. The molecule has 1 unspecified atom stereocenters. The van der Waals surface area contributed by atoms with Crippen molar-refractivity contribution >= 4 is 28.8 Å². The van der Waals surface area contributed by atoms with Crippen molar-refractivity contribution in [1.29, 1.82) is 0 Å². The van der Waals surface area contributed by atoms with Crippen LogP contribution in [0.3, 0.4) is 0 Å². The quantitative estimate of drug-likeness (QED) is 0.539. The van der Waals surface area contributed by atoms with Crippen LogP contribution in [-0.2, 0) is 25.8 Å². The van der Waals surface area contributed by atoms with Crippen molar-refractivity contribution in [1.82, 2.24) is 29.7 Å². The number of hydrogen-bond acceptors (Lipinski definition) is 7. The number of likely N-dealkylation sites (N-methyl/N-ethyl adjacent to an activating group) is 1. The number of fused-ring (bicyclic) bond motifs is 3. The minimum atomic E-state index is -1.37. The molecular weight excluding hydrogens is 512 g/mol. The van der Waals surface area contributed by atoms with Crippen molar-refractivity contribution in [2.24, 2.45) is 17.8 Å². The number of rotatable bonds is 6. The van der Waals surface area contributed by atoms with Gasteiger partial charge in [0, 0.05) is 20.1 Å². The number of para-hydroxylation sites is 1. The molecule has 0 aliphatic carbocycles. The molecule has 2 saturated heterocycles. The number of amides is 3. The van der Waals surface area contributed by atoms with E-state index in [0.29, 0.717) is 18.5 Å². The molecule has 11 nitrogen and oxygen atoms in total. The number of aliphatic hydroxyl groups excluding tert-OH is 1. The summed E-state index contributed by atoms with van der Waals surface area (Å²) in [5, 5.41) is 19.0. The summed E-state index contributed by atoms with van der Waals surface area (Å²) in [6.07, 6.45) is 8.12. The Morgan fingerprint density at radius 1 is 1.07 bits per heavy atom. The molecule has 6 rings (SSSR count). The van der Waals surface area contributed by atoms with E-state index in [1.54, 1.807) is 21.5 Å². The Bertz CT molecular complexity index is 1420. The van der Waals surface area contributed by atoms with E-state index in [2.05, 4.69) is 10.3 Å². The fourth-order valence-electron chi connectivity index (χ4n) is 7.11. The summed E-state index contributed by atoms with van der Waals surface area (Å²) in [6.45, 7) is 6.27. The van der Waals surface area contributed by atoms with E-state index in [9.17, 15) is 19.5 Å². The molecule has 1 N–H and O–H groups in total. The molecule has 3 amide bonds. The lowest BCUT2D eigenvalue weighted by molar-refractivity contribution is -0.157. The molecule has 2 aromatic rings. The van der Waals surface area contributed by atoms with Crippen LogP contribution in [0.15, 0.2) is 48.6 Å². The average Bonchev–Trinajstić information content (AvgIpc) is 3.47. The van der Waals surface area contributed by atoms with Crippen LogP contribution < -0.4 is 0 Å². The number of nitrogens with zero attached hydrogens (tertiary/aromatic N) is 6. The van der Waals surface area contributed by atoms with Gasteiger partial charge in [0.2, 0.25) is 11.8 Å². The second kappa shape index (κ2) is 9.52. The van der Waals surface area contributed by atoms with Crippen LogP contribution in [0.1, 0.15) is 27.2 Å². The second-order valence-corrected chi connectivity index (χ2v) is 11.7. The van der Waals surface area contributed by atoms with Crippen molar-refractivity contribution in [3.63, 3.8) is 0 Å². The zero-order chi connectivity index (χ0) is 28.4. The fourth-order valence-corrected chi connectivity index (χ4v) is 7.11. The number of likely N-dealkylation sites (tertiary alicyclic amines) is 1. The highest BCUT2D eigenvalue weighted by atomic mass is 16.5. The molecule has 40 heavy (non-hydrogen) atoms. The topological polar surface area (TPSA) is 121 Å². The number of ether oxygens (including phenoxy) is 1. The molecule has 1 aromatic heterocycles. The third kappa shape index (κ3) is 3.67.